The fourth-order valence-corrected chi connectivity index (χ4v) is 1.18. The molecule has 0 fully saturated rings. The summed E-state index contributed by atoms with van der Waals surface area (Å²) in [7, 11) is 0. The molecule has 2 nitrogen and oxygen atoms in total. The summed E-state index contributed by atoms with van der Waals surface area (Å²) in [6.07, 6.45) is 3.25. The maximum atomic E-state index is 12.9. The van der Waals surface area contributed by atoms with Gasteiger partial charge >= 0.3 is 0 Å². The summed E-state index contributed by atoms with van der Waals surface area (Å²) in [5, 5.41) is 0. The zero-order chi connectivity index (χ0) is 7.84. The Hall–Kier alpha value is -1.38. The predicted octanol–water partition coefficient (Wildman–Crippen LogP) is 1.78. The first-order chi connectivity index (χ1) is 5.29. The molecule has 0 aliphatic carbocycles. The molecule has 2 aromatic rings. The second-order valence-corrected chi connectivity index (χ2v) is 2.48. The first-order valence-electron chi connectivity index (χ1n) is 3.37. The molecule has 0 aliphatic heterocycles. The van der Waals surface area contributed by atoms with E-state index in [1.165, 1.54) is 6.33 Å². The summed E-state index contributed by atoms with van der Waals surface area (Å²) >= 11 is 0. The number of hydrogen-bond donors (Lipinski definition) is 0. The molecule has 2 rings (SSSR count). The minimum atomic E-state index is -0.400. The van der Waals surface area contributed by atoms with E-state index in [4.69, 9.17) is 0 Å². The number of aryl methyl sites for hydroxylation is 1. The van der Waals surface area contributed by atoms with Crippen LogP contribution in [0.1, 0.15) is 5.56 Å². The Morgan fingerprint density at radius 1 is 1.55 bits per heavy atom. The average Bonchev–Trinajstić information content (AvgIpc) is 2.34. The minimum Gasteiger partial charge on any atom is -0.303 e. The SMILES string of the molecule is Cc1cccn2cnc(F)c12. The lowest BCUT2D eigenvalue weighted by Gasteiger charge is -1.95. The summed E-state index contributed by atoms with van der Waals surface area (Å²) < 4.78 is 14.5. The van der Waals surface area contributed by atoms with E-state index in [0.717, 1.165) is 5.56 Å². The second kappa shape index (κ2) is 2.05. The number of fused-ring (bicyclic) bond motifs is 1. The van der Waals surface area contributed by atoms with Crippen LogP contribution >= 0.6 is 0 Å². The molecule has 0 radical (unpaired) electrons. The van der Waals surface area contributed by atoms with Crippen molar-refractivity contribution in [2.75, 3.05) is 0 Å². The quantitative estimate of drug-likeness (QED) is 0.559. The van der Waals surface area contributed by atoms with Crippen molar-refractivity contribution in [3.63, 3.8) is 0 Å². The Morgan fingerprint density at radius 3 is 3.09 bits per heavy atom. The van der Waals surface area contributed by atoms with Crippen LogP contribution in [0.3, 0.4) is 0 Å². The molecule has 2 heterocycles. The molecule has 0 amide bonds. The van der Waals surface area contributed by atoms with Crippen molar-refractivity contribution in [1.29, 1.82) is 0 Å². The number of imidazole rings is 1. The van der Waals surface area contributed by atoms with Crippen molar-refractivity contribution < 1.29 is 4.39 Å². The van der Waals surface area contributed by atoms with Gasteiger partial charge < -0.3 is 4.40 Å². The highest BCUT2D eigenvalue weighted by Gasteiger charge is 2.03. The number of aromatic nitrogens is 2. The molecule has 2 aromatic heterocycles. The number of hydrogen-bond acceptors (Lipinski definition) is 1. The van der Waals surface area contributed by atoms with Crippen LogP contribution in [-0.4, -0.2) is 9.38 Å². The number of pyridine rings is 1. The van der Waals surface area contributed by atoms with Gasteiger partial charge in [-0.05, 0) is 18.6 Å². The van der Waals surface area contributed by atoms with E-state index >= 15 is 0 Å². The van der Waals surface area contributed by atoms with Gasteiger partial charge in [0.25, 0.3) is 0 Å². The first-order valence-corrected chi connectivity index (χ1v) is 3.37. The summed E-state index contributed by atoms with van der Waals surface area (Å²) in [5.74, 6) is -0.400. The van der Waals surface area contributed by atoms with Crippen LogP contribution in [0.5, 0.6) is 0 Å². The van der Waals surface area contributed by atoms with Crippen LogP contribution < -0.4 is 0 Å². The molecular formula is C8H7FN2. The summed E-state index contributed by atoms with van der Waals surface area (Å²) in [4.78, 5) is 3.55. The van der Waals surface area contributed by atoms with Gasteiger partial charge in [0.15, 0.2) is 0 Å². The Bertz CT molecular complexity index is 392. The standard InChI is InChI=1S/C8H7FN2/c1-6-3-2-4-11-5-10-8(9)7(6)11/h2-5H,1H3. The second-order valence-electron chi connectivity index (χ2n) is 2.48. The zero-order valence-corrected chi connectivity index (χ0v) is 6.08. The van der Waals surface area contributed by atoms with Crippen molar-refractivity contribution in [3.8, 4) is 0 Å². The molecule has 0 bridgehead atoms. The molecule has 3 heteroatoms. The van der Waals surface area contributed by atoms with Crippen molar-refractivity contribution in [3.05, 3.63) is 36.2 Å². The van der Waals surface area contributed by atoms with E-state index < -0.39 is 5.95 Å². The molecule has 11 heavy (non-hydrogen) atoms. The van der Waals surface area contributed by atoms with Gasteiger partial charge in [0.2, 0.25) is 5.95 Å². The van der Waals surface area contributed by atoms with Crippen LogP contribution in [0.25, 0.3) is 5.52 Å². The number of rotatable bonds is 0. The van der Waals surface area contributed by atoms with E-state index in [0.29, 0.717) is 5.52 Å². The molecule has 0 atom stereocenters. The van der Waals surface area contributed by atoms with Crippen molar-refractivity contribution >= 4 is 5.52 Å². The number of halogens is 1. The van der Waals surface area contributed by atoms with Crippen LogP contribution in [0.4, 0.5) is 4.39 Å². The van der Waals surface area contributed by atoms with Crippen LogP contribution in [0.2, 0.25) is 0 Å². The normalized spacial score (nSPS) is 10.7. The van der Waals surface area contributed by atoms with E-state index in [9.17, 15) is 4.39 Å². The Labute approximate surface area is 63.3 Å². The van der Waals surface area contributed by atoms with Crippen LogP contribution in [0, 0.1) is 12.9 Å². The molecule has 0 saturated carbocycles. The zero-order valence-electron chi connectivity index (χ0n) is 6.08. The van der Waals surface area contributed by atoms with Gasteiger partial charge in [-0.25, -0.2) is 4.98 Å². The molecule has 0 unspecified atom stereocenters. The van der Waals surface area contributed by atoms with E-state index in [1.807, 2.05) is 19.1 Å². The largest absolute Gasteiger partial charge is 0.303 e. The fraction of sp³-hybridized carbons (Fsp3) is 0.125. The van der Waals surface area contributed by atoms with E-state index in [2.05, 4.69) is 4.98 Å². The van der Waals surface area contributed by atoms with Gasteiger partial charge in [0, 0.05) is 6.20 Å². The van der Waals surface area contributed by atoms with Gasteiger partial charge in [-0.3, -0.25) is 0 Å². The van der Waals surface area contributed by atoms with Crippen LogP contribution in [0.15, 0.2) is 24.7 Å². The molecule has 56 valence electrons. The first kappa shape index (κ1) is 6.34. The molecule has 0 saturated heterocycles. The van der Waals surface area contributed by atoms with Crippen molar-refractivity contribution in [2.45, 2.75) is 6.92 Å². The van der Waals surface area contributed by atoms with Crippen LogP contribution in [-0.2, 0) is 0 Å². The van der Waals surface area contributed by atoms with Gasteiger partial charge in [-0.1, -0.05) is 6.07 Å². The predicted molar refractivity (Wildman–Crippen MR) is 39.9 cm³/mol. The minimum absolute atomic E-state index is 0.400. The summed E-state index contributed by atoms with van der Waals surface area (Å²) in [6, 6.07) is 3.73. The lowest BCUT2D eigenvalue weighted by molar-refractivity contribution is 0.601. The smallest absolute Gasteiger partial charge is 0.238 e. The molecule has 0 aromatic carbocycles. The lowest BCUT2D eigenvalue weighted by atomic mass is 10.2. The fourth-order valence-electron chi connectivity index (χ4n) is 1.18. The number of nitrogens with zero attached hydrogens (tertiary/aromatic N) is 2. The molecule has 0 N–H and O–H groups in total. The van der Waals surface area contributed by atoms with Gasteiger partial charge in [-0.2, -0.15) is 4.39 Å². The Kier molecular flexibility index (Phi) is 1.18. The highest BCUT2D eigenvalue weighted by molar-refractivity contribution is 5.53. The summed E-state index contributed by atoms with van der Waals surface area (Å²) in [6.45, 7) is 1.86. The highest BCUT2D eigenvalue weighted by Crippen LogP contribution is 2.11. The highest BCUT2D eigenvalue weighted by atomic mass is 19.1. The maximum Gasteiger partial charge on any atom is 0.238 e. The Balaban J connectivity index is 2.96. The average molecular weight is 150 g/mol. The van der Waals surface area contributed by atoms with Gasteiger partial charge in [0.1, 0.15) is 11.8 Å². The van der Waals surface area contributed by atoms with Crippen molar-refractivity contribution in [1.82, 2.24) is 9.38 Å². The Morgan fingerprint density at radius 2 is 2.36 bits per heavy atom. The monoisotopic (exact) mass is 150 g/mol. The molecule has 0 spiro atoms. The van der Waals surface area contributed by atoms with Gasteiger partial charge in [-0.15, -0.1) is 0 Å². The van der Waals surface area contributed by atoms with Gasteiger partial charge in [0.05, 0.1) is 0 Å². The maximum absolute atomic E-state index is 12.9. The molecule has 0 aliphatic rings. The molecular weight excluding hydrogens is 143 g/mol. The third-order valence-electron chi connectivity index (χ3n) is 1.72. The van der Waals surface area contributed by atoms with E-state index in [-0.39, 0.29) is 0 Å². The third-order valence-corrected chi connectivity index (χ3v) is 1.72. The lowest BCUT2D eigenvalue weighted by Crippen LogP contribution is -1.84. The van der Waals surface area contributed by atoms with E-state index in [1.54, 1.807) is 10.6 Å². The summed E-state index contributed by atoms with van der Waals surface area (Å²) in [5.41, 5.74) is 1.47. The topological polar surface area (TPSA) is 17.3 Å². The third kappa shape index (κ3) is 0.808. The van der Waals surface area contributed by atoms with Crippen molar-refractivity contribution in [2.24, 2.45) is 0 Å².